The van der Waals surface area contributed by atoms with E-state index >= 15 is 0 Å². The summed E-state index contributed by atoms with van der Waals surface area (Å²) < 4.78 is 12.3. The van der Waals surface area contributed by atoms with Gasteiger partial charge in [0.05, 0.1) is 28.3 Å². The molecule has 0 bridgehead atoms. The van der Waals surface area contributed by atoms with Gasteiger partial charge in [-0.25, -0.2) is 0 Å². The SMILES string of the molecule is Cc1cc([N+](=O)[O-])nn1CCNC(=O)c1ccc(COc2ccc([N+](=O)[O-])cc2)o1. The summed E-state index contributed by atoms with van der Waals surface area (Å²) in [6, 6.07) is 10.0. The number of amides is 1. The summed E-state index contributed by atoms with van der Waals surface area (Å²) in [4.78, 5) is 32.5. The Bertz CT molecular complexity index is 1070. The van der Waals surface area contributed by atoms with E-state index in [0.29, 0.717) is 17.2 Å². The molecule has 0 saturated carbocycles. The molecule has 0 fully saturated rings. The molecule has 0 spiro atoms. The number of nitro groups is 2. The zero-order chi connectivity index (χ0) is 21.7. The number of aryl methyl sites for hydroxylation is 1. The van der Waals surface area contributed by atoms with Crippen molar-refractivity contribution in [2.75, 3.05) is 6.54 Å². The summed E-state index contributed by atoms with van der Waals surface area (Å²) in [5, 5.41) is 27.9. The molecule has 1 amide bonds. The molecule has 1 N–H and O–H groups in total. The zero-order valence-corrected chi connectivity index (χ0v) is 15.8. The number of carbonyl (C=O) groups excluding carboxylic acids is 1. The van der Waals surface area contributed by atoms with Crippen LogP contribution in [0.15, 0.2) is 46.9 Å². The Hall–Kier alpha value is -4.22. The lowest BCUT2D eigenvalue weighted by atomic mass is 10.3. The summed E-state index contributed by atoms with van der Waals surface area (Å²) in [6.45, 7) is 2.20. The van der Waals surface area contributed by atoms with Gasteiger partial charge in [0.2, 0.25) is 0 Å². The van der Waals surface area contributed by atoms with Gasteiger partial charge in [-0.1, -0.05) is 0 Å². The first-order chi connectivity index (χ1) is 14.3. The lowest BCUT2D eigenvalue weighted by Gasteiger charge is -2.04. The maximum atomic E-state index is 12.2. The second-order valence-corrected chi connectivity index (χ2v) is 6.19. The topological polar surface area (TPSA) is 156 Å². The minimum Gasteiger partial charge on any atom is -0.486 e. The second-order valence-electron chi connectivity index (χ2n) is 6.19. The Morgan fingerprint density at radius 2 is 1.90 bits per heavy atom. The lowest BCUT2D eigenvalue weighted by molar-refractivity contribution is -0.389. The molecule has 0 atom stereocenters. The van der Waals surface area contributed by atoms with Gasteiger partial charge in [-0.3, -0.25) is 14.9 Å². The number of nitrogens with zero attached hydrogens (tertiary/aromatic N) is 4. The van der Waals surface area contributed by atoms with Crippen molar-refractivity contribution in [3.8, 4) is 5.75 Å². The normalized spacial score (nSPS) is 10.6. The van der Waals surface area contributed by atoms with Crippen LogP contribution in [-0.4, -0.2) is 32.1 Å². The van der Waals surface area contributed by atoms with E-state index in [1.807, 2.05) is 0 Å². The van der Waals surface area contributed by atoms with Gasteiger partial charge < -0.3 is 24.6 Å². The van der Waals surface area contributed by atoms with Crippen LogP contribution in [0.25, 0.3) is 0 Å². The van der Waals surface area contributed by atoms with E-state index in [4.69, 9.17) is 9.15 Å². The van der Waals surface area contributed by atoms with Gasteiger partial charge in [-0.2, -0.15) is 4.68 Å². The van der Waals surface area contributed by atoms with E-state index in [2.05, 4.69) is 10.4 Å². The van der Waals surface area contributed by atoms with Crippen LogP contribution in [0.5, 0.6) is 5.75 Å². The van der Waals surface area contributed by atoms with Crippen molar-refractivity contribution in [2.24, 2.45) is 0 Å². The van der Waals surface area contributed by atoms with Crippen molar-refractivity contribution in [1.29, 1.82) is 0 Å². The standard InChI is InChI=1S/C18H17N5O7/c1-12-10-17(23(27)28)20-21(12)9-8-19-18(24)16-7-6-15(30-16)11-29-14-4-2-13(3-5-14)22(25)26/h2-7,10H,8-9,11H2,1H3,(H,19,24). The molecule has 0 radical (unpaired) electrons. The number of hydrogen-bond acceptors (Lipinski definition) is 8. The molecule has 12 nitrogen and oxygen atoms in total. The van der Waals surface area contributed by atoms with Crippen LogP contribution < -0.4 is 10.1 Å². The molecule has 2 heterocycles. The highest BCUT2D eigenvalue weighted by Crippen LogP contribution is 2.19. The average Bonchev–Trinajstić information content (AvgIpc) is 3.34. The summed E-state index contributed by atoms with van der Waals surface area (Å²) in [5.41, 5.74) is 0.568. The molecular formula is C18H17N5O7. The molecule has 30 heavy (non-hydrogen) atoms. The fourth-order valence-electron chi connectivity index (χ4n) is 2.57. The highest BCUT2D eigenvalue weighted by atomic mass is 16.6. The number of aromatic nitrogens is 2. The third kappa shape index (κ3) is 4.98. The van der Waals surface area contributed by atoms with Crippen molar-refractivity contribution in [1.82, 2.24) is 15.1 Å². The summed E-state index contributed by atoms with van der Waals surface area (Å²) in [5.74, 6) is 0.211. The molecule has 0 aliphatic rings. The number of furan rings is 1. The molecular weight excluding hydrogens is 398 g/mol. The Morgan fingerprint density at radius 1 is 1.17 bits per heavy atom. The number of nitro benzene ring substituents is 1. The summed E-state index contributed by atoms with van der Waals surface area (Å²) in [6.07, 6.45) is 0. The quantitative estimate of drug-likeness (QED) is 0.413. The Labute approximate surface area is 169 Å². The van der Waals surface area contributed by atoms with Crippen LogP contribution in [0.3, 0.4) is 0 Å². The number of ether oxygens (including phenoxy) is 1. The molecule has 0 aliphatic heterocycles. The first-order valence-corrected chi connectivity index (χ1v) is 8.76. The van der Waals surface area contributed by atoms with Crippen LogP contribution in [0, 0.1) is 27.2 Å². The van der Waals surface area contributed by atoms with Crippen LogP contribution in [0.4, 0.5) is 11.5 Å². The molecule has 0 aliphatic carbocycles. The van der Waals surface area contributed by atoms with Crippen molar-refractivity contribution in [2.45, 2.75) is 20.1 Å². The molecule has 2 aromatic heterocycles. The third-order valence-corrected chi connectivity index (χ3v) is 4.08. The molecule has 0 saturated heterocycles. The van der Waals surface area contributed by atoms with Crippen molar-refractivity contribution >= 4 is 17.4 Å². The van der Waals surface area contributed by atoms with Crippen LogP contribution in [-0.2, 0) is 13.2 Å². The van der Waals surface area contributed by atoms with Gasteiger partial charge in [0.1, 0.15) is 18.1 Å². The highest BCUT2D eigenvalue weighted by Gasteiger charge is 2.16. The van der Waals surface area contributed by atoms with E-state index in [9.17, 15) is 25.0 Å². The number of rotatable bonds is 9. The van der Waals surface area contributed by atoms with Gasteiger partial charge >= 0.3 is 5.82 Å². The molecule has 156 valence electrons. The Kier molecular flexibility index (Phi) is 6.05. The molecule has 0 unspecified atom stereocenters. The molecule has 1 aromatic carbocycles. The Morgan fingerprint density at radius 3 is 2.53 bits per heavy atom. The number of hydrogen-bond donors (Lipinski definition) is 1. The van der Waals surface area contributed by atoms with Gasteiger partial charge in [-0.15, -0.1) is 0 Å². The van der Waals surface area contributed by atoms with E-state index in [0.717, 1.165) is 0 Å². The average molecular weight is 415 g/mol. The first-order valence-electron chi connectivity index (χ1n) is 8.76. The summed E-state index contributed by atoms with van der Waals surface area (Å²) in [7, 11) is 0. The van der Waals surface area contributed by atoms with E-state index in [-0.39, 0.29) is 37.0 Å². The van der Waals surface area contributed by atoms with Crippen molar-refractivity contribution in [3.05, 3.63) is 79.9 Å². The van der Waals surface area contributed by atoms with Gasteiger partial charge in [0.15, 0.2) is 5.76 Å². The largest absolute Gasteiger partial charge is 0.486 e. The van der Waals surface area contributed by atoms with Gasteiger partial charge in [0.25, 0.3) is 11.6 Å². The number of benzene rings is 1. The zero-order valence-electron chi connectivity index (χ0n) is 15.8. The number of carbonyl (C=O) groups is 1. The lowest BCUT2D eigenvalue weighted by Crippen LogP contribution is -2.27. The number of non-ortho nitro benzene ring substituents is 1. The second kappa shape index (κ2) is 8.86. The predicted molar refractivity (Wildman–Crippen MR) is 102 cm³/mol. The molecule has 3 aromatic rings. The maximum absolute atomic E-state index is 12.2. The van der Waals surface area contributed by atoms with E-state index in [1.54, 1.807) is 13.0 Å². The number of nitrogens with one attached hydrogen (secondary N) is 1. The predicted octanol–water partition coefficient (Wildman–Crippen LogP) is 2.61. The minimum atomic E-state index is -0.578. The van der Waals surface area contributed by atoms with Gasteiger partial charge in [-0.05, 0) is 36.1 Å². The van der Waals surface area contributed by atoms with Crippen molar-refractivity contribution < 1.29 is 23.8 Å². The summed E-state index contributed by atoms with van der Waals surface area (Å²) >= 11 is 0. The monoisotopic (exact) mass is 415 g/mol. The van der Waals surface area contributed by atoms with Crippen LogP contribution in [0.1, 0.15) is 22.0 Å². The van der Waals surface area contributed by atoms with Crippen molar-refractivity contribution in [3.63, 3.8) is 0 Å². The van der Waals surface area contributed by atoms with E-state index in [1.165, 1.54) is 41.1 Å². The molecule has 3 rings (SSSR count). The van der Waals surface area contributed by atoms with Crippen LogP contribution >= 0.6 is 0 Å². The fourth-order valence-corrected chi connectivity index (χ4v) is 2.57. The maximum Gasteiger partial charge on any atom is 0.390 e. The van der Waals surface area contributed by atoms with Gasteiger partial charge in [0, 0.05) is 18.7 Å². The smallest absolute Gasteiger partial charge is 0.390 e. The minimum absolute atomic E-state index is 0.0424. The molecule has 12 heteroatoms. The Balaban J connectivity index is 1.48. The third-order valence-electron chi connectivity index (χ3n) is 4.08. The highest BCUT2D eigenvalue weighted by molar-refractivity contribution is 5.91. The first kappa shape index (κ1) is 20.5. The van der Waals surface area contributed by atoms with Crippen LogP contribution in [0.2, 0.25) is 0 Å². The fraction of sp³-hybridized carbons (Fsp3) is 0.222. The van der Waals surface area contributed by atoms with E-state index < -0.39 is 15.8 Å².